The number of aryl methyl sites for hydroxylation is 2. The third-order valence-corrected chi connectivity index (χ3v) is 5.80. The molecule has 0 aliphatic carbocycles. The summed E-state index contributed by atoms with van der Waals surface area (Å²) in [5.74, 6) is -2.27. The number of halogens is 2. The van der Waals surface area contributed by atoms with E-state index >= 15 is 0 Å². The van der Waals surface area contributed by atoms with Gasteiger partial charge in [-0.05, 0) is 37.6 Å². The zero-order valence-electron chi connectivity index (χ0n) is 16.2. The maximum absolute atomic E-state index is 13.5. The van der Waals surface area contributed by atoms with Crippen LogP contribution in [0.3, 0.4) is 0 Å². The number of carbonyl (C=O) groups is 2. The number of hydrogen-bond acceptors (Lipinski definition) is 6. The molecule has 6 nitrogen and oxygen atoms in total. The number of Topliss-reactive ketones (excluding diaryl/α,β-unsaturated/α-hetero) is 1. The van der Waals surface area contributed by atoms with Gasteiger partial charge in [0.2, 0.25) is 6.17 Å². The lowest BCUT2D eigenvalue weighted by atomic mass is 10.0. The van der Waals surface area contributed by atoms with Crippen LogP contribution in [0.2, 0.25) is 0 Å². The molecular weight excluding hydrogens is 410 g/mol. The predicted octanol–water partition coefficient (Wildman–Crippen LogP) is 3.52. The molecule has 1 amide bonds. The molecule has 2 heterocycles. The van der Waals surface area contributed by atoms with Crippen LogP contribution >= 0.6 is 11.8 Å². The van der Waals surface area contributed by atoms with E-state index in [0.717, 1.165) is 23.3 Å². The lowest BCUT2D eigenvalue weighted by molar-refractivity contribution is -0.122. The van der Waals surface area contributed by atoms with E-state index in [4.69, 9.17) is 0 Å². The van der Waals surface area contributed by atoms with Gasteiger partial charge in [0, 0.05) is 24.0 Å². The number of hydrogen-bond donors (Lipinski definition) is 1. The summed E-state index contributed by atoms with van der Waals surface area (Å²) in [5.41, 5.74) is 5.54. The molecule has 0 spiro atoms. The lowest BCUT2D eigenvalue weighted by Gasteiger charge is -2.31. The van der Waals surface area contributed by atoms with Gasteiger partial charge in [0.1, 0.15) is 0 Å². The number of nitrogens with zero attached hydrogens (tertiary/aromatic N) is 3. The first-order valence-electron chi connectivity index (χ1n) is 9.16. The number of amides is 1. The summed E-state index contributed by atoms with van der Waals surface area (Å²) < 4.78 is 26.7. The van der Waals surface area contributed by atoms with Gasteiger partial charge in [0.05, 0.1) is 11.4 Å². The van der Waals surface area contributed by atoms with Gasteiger partial charge in [-0.25, -0.2) is 8.78 Å². The van der Waals surface area contributed by atoms with Crippen molar-refractivity contribution >= 4 is 34.3 Å². The molecule has 0 radical (unpaired) electrons. The van der Waals surface area contributed by atoms with Crippen LogP contribution in [-0.2, 0) is 4.79 Å². The van der Waals surface area contributed by atoms with Crippen LogP contribution in [0.5, 0.6) is 0 Å². The molecule has 2 aromatic carbocycles. The van der Waals surface area contributed by atoms with Crippen LogP contribution in [0, 0.1) is 25.5 Å². The number of hydrazone groups is 1. The second-order valence-electron chi connectivity index (χ2n) is 6.97. The molecule has 2 aliphatic rings. The molecule has 1 unspecified atom stereocenters. The highest BCUT2D eigenvalue weighted by molar-refractivity contribution is 8.14. The maximum Gasteiger partial charge on any atom is 0.276 e. The zero-order chi connectivity index (χ0) is 21.4. The summed E-state index contributed by atoms with van der Waals surface area (Å²) in [6.45, 7) is 3.82. The Morgan fingerprint density at radius 2 is 1.93 bits per heavy atom. The van der Waals surface area contributed by atoms with Gasteiger partial charge in [-0.2, -0.15) is 5.10 Å². The van der Waals surface area contributed by atoms with E-state index < -0.39 is 23.7 Å². The third-order valence-electron chi connectivity index (χ3n) is 4.84. The Kier molecular flexibility index (Phi) is 5.29. The number of amidine groups is 1. The summed E-state index contributed by atoms with van der Waals surface area (Å²) in [7, 11) is 0. The van der Waals surface area contributed by atoms with Crippen molar-refractivity contribution in [3.8, 4) is 0 Å². The third kappa shape index (κ3) is 3.68. The summed E-state index contributed by atoms with van der Waals surface area (Å²) in [6, 6.07) is 8.98. The Morgan fingerprint density at radius 1 is 1.13 bits per heavy atom. The molecule has 1 N–H and O–H groups in total. The Morgan fingerprint density at radius 3 is 2.70 bits per heavy atom. The lowest BCUT2D eigenvalue weighted by Crippen LogP contribution is -2.52. The molecule has 0 bridgehead atoms. The summed E-state index contributed by atoms with van der Waals surface area (Å²) in [5, 5.41) is 4.65. The number of fused-ring (bicyclic) bond motifs is 1. The number of nitrogens with one attached hydrogen (secondary N) is 1. The Balaban J connectivity index is 1.46. The molecule has 2 aliphatic heterocycles. The van der Waals surface area contributed by atoms with Crippen molar-refractivity contribution in [2.24, 2.45) is 5.10 Å². The zero-order valence-corrected chi connectivity index (χ0v) is 17.0. The second kappa shape index (κ2) is 7.91. The topological polar surface area (TPSA) is 65.0 Å². The van der Waals surface area contributed by atoms with Crippen molar-refractivity contribution in [3.63, 3.8) is 0 Å². The fraction of sp³-hybridized carbons (Fsp3) is 0.190. The van der Waals surface area contributed by atoms with E-state index in [9.17, 15) is 18.4 Å². The van der Waals surface area contributed by atoms with Gasteiger partial charge in [0.15, 0.2) is 22.6 Å². The fourth-order valence-electron chi connectivity index (χ4n) is 3.21. The molecule has 30 heavy (non-hydrogen) atoms. The summed E-state index contributed by atoms with van der Waals surface area (Å²) >= 11 is 1.22. The van der Waals surface area contributed by atoms with Crippen LogP contribution in [0.15, 0.2) is 53.9 Å². The van der Waals surface area contributed by atoms with E-state index in [-0.39, 0.29) is 17.2 Å². The molecule has 2 aromatic rings. The minimum absolute atomic E-state index is 0.0249. The average Bonchev–Trinajstić information content (AvgIpc) is 3.14. The maximum atomic E-state index is 13.5. The van der Waals surface area contributed by atoms with Crippen LogP contribution in [0.25, 0.3) is 0 Å². The van der Waals surface area contributed by atoms with Crippen molar-refractivity contribution in [3.05, 3.63) is 77.1 Å². The highest BCUT2D eigenvalue weighted by Gasteiger charge is 2.38. The first kappa shape index (κ1) is 20.1. The van der Waals surface area contributed by atoms with E-state index in [1.54, 1.807) is 11.1 Å². The SMILES string of the molecule is Cc1ccc(C)c(C(=O)CSC2=NNC3C(=O)N(c4ccc(F)c(F)c4)C=CN23)c1. The fourth-order valence-corrected chi connectivity index (χ4v) is 4.06. The monoisotopic (exact) mass is 428 g/mol. The number of thioether (sulfide) groups is 1. The highest BCUT2D eigenvalue weighted by atomic mass is 32.2. The first-order chi connectivity index (χ1) is 14.3. The van der Waals surface area contributed by atoms with Crippen LogP contribution < -0.4 is 10.3 Å². The summed E-state index contributed by atoms with van der Waals surface area (Å²) in [4.78, 5) is 28.3. The summed E-state index contributed by atoms with van der Waals surface area (Å²) in [6.07, 6.45) is 2.25. The molecule has 154 valence electrons. The predicted molar refractivity (Wildman–Crippen MR) is 112 cm³/mol. The molecule has 1 atom stereocenters. The van der Waals surface area contributed by atoms with E-state index in [2.05, 4.69) is 10.5 Å². The minimum Gasteiger partial charge on any atom is -0.294 e. The van der Waals surface area contributed by atoms with Crippen molar-refractivity contribution in [1.29, 1.82) is 0 Å². The van der Waals surface area contributed by atoms with Gasteiger partial charge in [-0.3, -0.25) is 24.8 Å². The normalized spacial score (nSPS) is 17.7. The highest BCUT2D eigenvalue weighted by Crippen LogP contribution is 2.27. The number of carbonyl (C=O) groups excluding carboxylic acids is 2. The Bertz CT molecular complexity index is 1100. The van der Waals surface area contributed by atoms with Gasteiger partial charge in [-0.15, -0.1) is 0 Å². The van der Waals surface area contributed by atoms with Gasteiger partial charge < -0.3 is 0 Å². The van der Waals surface area contributed by atoms with E-state index in [0.29, 0.717) is 10.7 Å². The van der Waals surface area contributed by atoms with Crippen molar-refractivity contribution in [2.45, 2.75) is 20.0 Å². The second-order valence-corrected chi connectivity index (χ2v) is 7.91. The Labute approximate surface area is 176 Å². The molecule has 0 saturated heterocycles. The molecule has 4 rings (SSSR count). The van der Waals surface area contributed by atoms with Crippen LogP contribution in [0.4, 0.5) is 14.5 Å². The van der Waals surface area contributed by atoms with E-state index in [1.807, 2.05) is 32.0 Å². The van der Waals surface area contributed by atoms with Gasteiger partial charge in [-0.1, -0.05) is 29.5 Å². The first-order valence-corrected chi connectivity index (χ1v) is 10.1. The van der Waals surface area contributed by atoms with Gasteiger partial charge >= 0.3 is 0 Å². The van der Waals surface area contributed by atoms with Crippen LogP contribution in [0.1, 0.15) is 21.5 Å². The van der Waals surface area contributed by atoms with E-state index in [1.165, 1.54) is 28.9 Å². The molecule has 9 heteroatoms. The number of benzene rings is 2. The van der Waals surface area contributed by atoms with Crippen molar-refractivity contribution < 1.29 is 18.4 Å². The van der Waals surface area contributed by atoms with Crippen molar-refractivity contribution in [2.75, 3.05) is 10.7 Å². The number of anilines is 1. The number of ketones is 1. The average molecular weight is 428 g/mol. The standard InChI is InChI=1S/C21H18F2N4O2S/c1-12-3-4-13(2)15(9-12)18(28)11-30-21-25-24-19-20(29)26(7-8-27(19)21)14-5-6-16(22)17(23)10-14/h3-10,19,24H,11H2,1-2H3. The molecule has 0 saturated carbocycles. The quantitative estimate of drug-likeness (QED) is 0.755. The smallest absolute Gasteiger partial charge is 0.276 e. The minimum atomic E-state index is -1.03. The largest absolute Gasteiger partial charge is 0.294 e. The van der Waals surface area contributed by atoms with Crippen LogP contribution in [-0.4, -0.2) is 33.7 Å². The number of rotatable bonds is 4. The molecule has 0 aromatic heterocycles. The van der Waals surface area contributed by atoms with Crippen molar-refractivity contribution in [1.82, 2.24) is 10.3 Å². The molecule has 0 fully saturated rings. The Hall–Kier alpha value is -3.20. The van der Waals surface area contributed by atoms with Gasteiger partial charge in [0.25, 0.3) is 5.91 Å². The molecular formula is C21H18F2N4O2S.